The summed E-state index contributed by atoms with van der Waals surface area (Å²) >= 11 is 1.35. The van der Waals surface area contributed by atoms with E-state index in [0.717, 1.165) is 22.5 Å². The topological polar surface area (TPSA) is 55.3 Å². The second-order valence-corrected chi connectivity index (χ2v) is 7.78. The predicted octanol–water partition coefficient (Wildman–Crippen LogP) is 4.11. The Bertz CT molecular complexity index is 877. The van der Waals surface area contributed by atoms with Crippen LogP contribution in [0.5, 0.6) is 5.75 Å². The summed E-state index contributed by atoms with van der Waals surface area (Å²) in [7, 11) is 1.63. The maximum Gasteiger partial charge on any atom is 0.238 e. The lowest BCUT2D eigenvalue weighted by Crippen LogP contribution is -2.49. The first kappa shape index (κ1) is 18.5. The van der Waals surface area contributed by atoms with E-state index in [-0.39, 0.29) is 11.7 Å². The van der Waals surface area contributed by atoms with Crippen LogP contribution in [-0.4, -0.2) is 34.3 Å². The lowest BCUT2D eigenvalue weighted by atomic mass is 9.88. The van der Waals surface area contributed by atoms with Gasteiger partial charge in [-0.05, 0) is 45.4 Å². The largest absolute Gasteiger partial charge is 0.495 e. The molecule has 0 fully saturated rings. The Morgan fingerprint density at radius 2 is 2.04 bits per heavy atom. The van der Waals surface area contributed by atoms with E-state index in [0.29, 0.717) is 10.9 Å². The van der Waals surface area contributed by atoms with Crippen molar-refractivity contribution in [3.8, 4) is 5.75 Å². The molecule has 1 aromatic carbocycles. The normalized spacial score (nSPS) is 15.3. The molecule has 0 spiro atoms. The third kappa shape index (κ3) is 3.46. The van der Waals surface area contributed by atoms with Gasteiger partial charge in [0.25, 0.3) is 0 Å². The molecule has 0 aliphatic carbocycles. The molecule has 1 aliphatic rings. The van der Waals surface area contributed by atoms with E-state index in [1.54, 1.807) is 13.3 Å². The highest BCUT2D eigenvalue weighted by atomic mass is 32.2. The van der Waals surface area contributed by atoms with E-state index >= 15 is 0 Å². The molecule has 0 unspecified atom stereocenters. The van der Waals surface area contributed by atoms with Gasteiger partial charge in [0, 0.05) is 17.5 Å². The van der Waals surface area contributed by atoms with Gasteiger partial charge in [-0.2, -0.15) is 0 Å². The first-order valence-corrected chi connectivity index (χ1v) is 9.44. The zero-order valence-corrected chi connectivity index (χ0v) is 16.6. The van der Waals surface area contributed by atoms with Crippen molar-refractivity contribution < 1.29 is 9.53 Å². The zero-order chi connectivity index (χ0) is 18.9. The van der Waals surface area contributed by atoms with Crippen molar-refractivity contribution in [3.63, 3.8) is 0 Å². The fourth-order valence-electron chi connectivity index (χ4n) is 3.33. The van der Waals surface area contributed by atoms with Gasteiger partial charge in [0.2, 0.25) is 5.91 Å². The fraction of sp³-hybridized carbons (Fsp3) is 0.350. The Balaban J connectivity index is 1.94. The van der Waals surface area contributed by atoms with Crippen LogP contribution in [0.2, 0.25) is 0 Å². The SMILES string of the molecule is COc1cccc2c1N(C(=O)CSc1nccc(C)n1)C(C)(C)C=C2C. The molecule has 1 aromatic heterocycles. The number of hydrogen-bond acceptors (Lipinski definition) is 5. The van der Waals surface area contributed by atoms with Gasteiger partial charge in [-0.15, -0.1) is 0 Å². The number of methoxy groups -OCH3 is 1. The molecule has 0 saturated carbocycles. The number of aromatic nitrogens is 2. The van der Waals surface area contributed by atoms with E-state index in [1.807, 2.05) is 49.9 Å². The van der Waals surface area contributed by atoms with Gasteiger partial charge in [0.15, 0.2) is 5.16 Å². The number of carbonyl (C=O) groups is 1. The highest BCUT2D eigenvalue weighted by Gasteiger charge is 2.37. The number of ether oxygens (including phenoxy) is 1. The summed E-state index contributed by atoms with van der Waals surface area (Å²) in [5.41, 5.74) is 3.43. The standard InChI is InChI=1S/C20H23N3O2S/c1-13-11-20(3,4)23(18-15(13)7-6-8-16(18)25-5)17(24)12-26-19-21-10-9-14(2)22-19/h6-11H,12H2,1-5H3. The van der Waals surface area contributed by atoms with E-state index in [1.165, 1.54) is 11.8 Å². The van der Waals surface area contributed by atoms with Gasteiger partial charge in [-0.3, -0.25) is 9.69 Å². The van der Waals surface area contributed by atoms with E-state index in [4.69, 9.17) is 4.74 Å². The van der Waals surface area contributed by atoms with Crippen LogP contribution in [0, 0.1) is 6.92 Å². The molecule has 1 aliphatic heterocycles. The van der Waals surface area contributed by atoms with Crippen LogP contribution in [-0.2, 0) is 4.79 Å². The van der Waals surface area contributed by atoms with Gasteiger partial charge in [0.05, 0.1) is 24.1 Å². The van der Waals surface area contributed by atoms with E-state index in [2.05, 4.69) is 23.0 Å². The highest BCUT2D eigenvalue weighted by Crippen LogP contribution is 2.44. The predicted molar refractivity (Wildman–Crippen MR) is 106 cm³/mol. The lowest BCUT2D eigenvalue weighted by Gasteiger charge is -2.42. The number of thioether (sulfide) groups is 1. The average molecular weight is 369 g/mol. The number of anilines is 1. The van der Waals surface area contributed by atoms with E-state index in [9.17, 15) is 4.79 Å². The minimum Gasteiger partial charge on any atom is -0.495 e. The highest BCUT2D eigenvalue weighted by molar-refractivity contribution is 7.99. The number of nitrogens with zero attached hydrogens (tertiary/aromatic N) is 3. The molecule has 2 aromatic rings. The molecule has 0 N–H and O–H groups in total. The molecule has 2 heterocycles. The summed E-state index contributed by atoms with van der Waals surface area (Å²) in [6, 6.07) is 7.71. The smallest absolute Gasteiger partial charge is 0.238 e. The Kier molecular flexibility index (Phi) is 5.05. The molecule has 136 valence electrons. The summed E-state index contributed by atoms with van der Waals surface area (Å²) in [4.78, 5) is 23.6. The van der Waals surface area contributed by atoms with Gasteiger partial charge in [-0.25, -0.2) is 9.97 Å². The van der Waals surface area contributed by atoms with Crippen molar-refractivity contribution in [2.24, 2.45) is 0 Å². The Hall–Kier alpha value is -2.34. The van der Waals surface area contributed by atoms with Crippen molar-refractivity contribution in [2.45, 2.75) is 38.4 Å². The van der Waals surface area contributed by atoms with Crippen LogP contribution in [0.1, 0.15) is 32.0 Å². The maximum atomic E-state index is 13.2. The second-order valence-electron chi connectivity index (χ2n) is 6.84. The lowest BCUT2D eigenvalue weighted by molar-refractivity contribution is -0.116. The number of rotatable bonds is 4. The fourth-order valence-corrected chi connectivity index (χ4v) is 4.05. The van der Waals surface area contributed by atoms with Crippen LogP contribution in [0.25, 0.3) is 5.57 Å². The Morgan fingerprint density at radius 3 is 2.73 bits per heavy atom. The van der Waals surface area contributed by atoms with Crippen LogP contribution < -0.4 is 9.64 Å². The molecule has 0 bridgehead atoms. The van der Waals surface area contributed by atoms with Crippen LogP contribution in [0.15, 0.2) is 41.7 Å². The minimum atomic E-state index is -0.448. The van der Waals surface area contributed by atoms with Crippen molar-refractivity contribution in [3.05, 3.63) is 47.8 Å². The number of benzene rings is 1. The van der Waals surface area contributed by atoms with E-state index < -0.39 is 5.54 Å². The van der Waals surface area contributed by atoms with Gasteiger partial charge in [-0.1, -0.05) is 30.0 Å². The molecule has 6 heteroatoms. The molecular formula is C20H23N3O2S. The monoisotopic (exact) mass is 369 g/mol. The van der Waals surface area contributed by atoms with Gasteiger partial charge < -0.3 is 4.74 Å². The molecule has 26 heavy (non-hydrogen) atoms. The number of amides is 1. The Morgan fingerprint density at radius 1 is 1.27 bits per heavy atom. The first-order chi connectivity index (χ1) is 12.3. The molecule has 1 amide bonds. The van der Waals surface area contributed by atoms with Gasteiger partial charge >= 0.3 is 0 Å². The number of para-hydroxylation sites is 1. The van der Waals surface area contributed by atoms with Crippen LogP contribution >= 0.6 is 11.8 Å². The second kappa shape index (κ2) is 7.11. The maximum absolute atomic E-state index is 13.2. The quantitative estimate of drug-likeness (QED) is 0.599. The Labute approximate surface area is 158 Å². The number of hydrogen-bond donors (Lipinski definition) is 0. The van der Waals surface area contributed by atoms with Gasteiger partial charge in [0.1, 0.15) is 5.75 Å². The zero-order valence-electron chi connectivity index (χ0n) is 15.7. The van der Waals surface area contributed by atoms with Crippen molar-refractivity contribution in [1.29, 1.82) is 0 Å². The minimum absolute atomic E-state index is 0.000365. The molecule has 5 nitrogen and oxygen atoms in total. The summed E-state index contributed by atoms with van der Waals surface area (Å²) in [6.45, 7) is 8.06. The number of aryl methyl sites for hydroxylation is 1. The summed E-state index contributed by atoms with van der Waals surface area (Å²) in [6.07, 6.45) is 3.84. The van der Waals surface area contributed by atoms with Crippen molar-refractivity contribution >= 4 is 28.9 Å². The van der Waals surface area contributed by atoms with Crippen molar-refractivity contribution in [2.75, 3.05) is 17.8 Å². The number of carbonyl (C=O) groups excluding carboxylic acids is 1. The third-order valence-corrected chi connectivity index (χ3v) is 5.21. The number of fused-ring (bicyclic) bond motifs is 1. The van der Waals surface area contributed by atoms with Crippen molar-refractivity contribution in [1.82, 2.24) is 9.97 Å². The average Bonchev–Trinajstić information content (AvgIpc) is 2.59. The number of allylic oxidation sites excluding steroid dienone is 1. The molecule has 0 radical (unpaired) electrons. The third-order valence-electron chi connectivity index (χ3n) is 4.36. The first-order valence-electron chi connectivity index (χ1n) is 8.46. The summed E-state index contributed by atoms with van der Waals surface area (Å²) in [5, 5.41) is 0.611. The summed E-state index contributed by atoms with van der Waals surface area (Å²) < 4.78 is 5.56. The summed E-state index contributed by atoms with van der Waals surface area (Å²) in [5.74, 6) is 0.963. The molecule has 0 saturated heterocycles. The molecule has 3 rings (SSSR count). The molecule has 0 atom stereocenters. The van der Waals surface area contributed by atoms with Crippen LogP contribution in [0.4, 0.5) is 5.69 Å². The van der Waals surface area contributed by atoms with Crippen LogP contribution in [0.3, 0.4) is 0 Å². The molecular weight excluding hydrogens is 346 g/mol.